The van der Waals surface area contributed by atoms with Crippen LogP contribution in [-0.4, -0.2) is 39.4 Å². The van der Waals surface area contributed by atoms with Crippen molar-refractivity contribution in [3.63, 3.8) is 0 Å². The molecule has 1 N–H and O–H groups in total. The predicted octanol–water partition coefficient (Wildman–Crippen LogP) is 2.47. The Hall–Kier alpha value is -2.54. The fraction of sp³-hybridized carbons (Fsp3) is 0.524. The second kappa shape index (κ2) is 8.65. The van der Waals surface area contributed by atoms with Gasteiger partial charge in [-0.25, -0.2) is 4.68 Å². The number of hydrogen-bond acceptors (Lipinski definition) is 5. The molecule has 2 aromatic heterocycles. The summed E-state index contributed by atoms with van der Waals surface area (Å²) in [7, 11) is 0. The molecule has 0 bridgehead atoms. The normalized spacial score (nSPS) is 24.8. The molecule has 2 aromatic rings. The molecule has 0 spiro atoms. The molecule has 4 rings (SSSR count). The van der Waals surface area contributed by atoms with Crippen molar-refractivity contribution in [2.75, 3.05) is 6.61 Å². The van der Waals surface area contributed by atoms with Crippen molar-refractivity contribution in [2.45, 2.75) is 63.1 Å². The summed E-state index contributed by atoms with van der Waals surface area (Å²) < 4.78 is 7.15. The van der Waals surface area contributed by atoms with E-state index in [0.717, 1.165) is 56.4 Å². The smallest absolute Gasteiger partial charge is 0.267 e. The van der Waals surface area contributed by atoms with Gasteiger partial charge in [0.1, 0.15) is 0 Å². The van der Waals surface area contributed by atoms with Crippen LogP contribution in [0.25, 0.3) is 11.3 Å². The number of hydrogen-bond donors (Lipinski definition) is 1. The summed E-state index contributed by atoms with van der Waals surface area (Å²) >= 11 is 0. The van der Waals surface area contributed by atoms with Crippen molar-refractivity contribution in [3.8, 4) is 11.3 Å². The summed E-state index contributed by atoms with van der Waals surface area (Å²) in [6, 6.07) is 7.35. The maximum Gasteiger partial charge on any atom is 0.267 e. The van der Waals surface area contributed by atoms with Crippen molar-refractivity contribution >= 4 is 5.91 Å². The van der Waals surface area contributed by atoms with Crippen molar-refractivity contribution in [3.05, 3.63) is 47.0 Å². The van der Waals surface area contributed by atoms with E-state index in [1.165, 1.54) is 0 Å². The average molecular weight is 382 g/mol. The van der Waals surface area contributed by atoms with Crippen LogP contribution >= 0.6 is 0 Å². The van der Waals surface area contributed by atoms with E-state index >= 15 is 0 Å². The van der Waals surface area contributed by atoms with E-state index < -0.39 is 0 Å². The molecule has 1 aliphatic carbocycles. The Morgan fingerprint density at radius 1 is 1.11 bits per heavy atom. The van der Waals surface area contributed by atoms with Gasteiger partial charge >= 0.3 is 0 Å². The zero-order chi connectivity index (χ0) is 19.3. The Kier molecular flexibility index (Phi) is 5.81. The minimum Gasteiger partial charge on any atom is -0.378 e. The number of rotatable bonds is 5. The van der Waals surface area contributed by atoms with Crippen LogP contribution < -0.4 is 10.9 Å². The molecule has 148 valence electrons. The number of nitrogens with zero attached hydrogens (tertiary/aromatic N) is 3. The number of carbonyl (C=O) groups excluding carboxylic acids is 1. The lowest BCUT2D eigenvalue weighted by Crippen LogP contribution is -2.40. The first kappa shape index (κ1) is 18.8. The number of amides is 1. The lowest BCUT2D eigenvalue weighted by molar-refractivity contribution is -0.124. The highest BCUT2D eigenvalue weighted by atomic mass is 16.5. The summed E-state index contributed by atoms with van der Waals surface area (Å²) in [6.07, 6.45) is 9.37. The maximum atomic E-state index is 12.4. The topological polar surface area (TPSA) is 86.1 Å². The van der Waals surface area contributed by atoms with E-state index in [1.807, 2.05) is 12.1 Å². The first-order chi connectivity index (χ1) is 13.7. The van der Waals surface area contributed by atoms with Crippen molar-refractivity contribution in [1.29, 1.82) is 0 Å². The highest BCUT2D eigenvalue weighted by molar-refractivity contribution is 5.76. The fourth-order valence-corrected chi connectivity index (χ4v) is 4.13. The van der Waals surface area contributed by atoms with Gasteiger partial charge in [0.05, 0.1) is 24.3 Å². The van der Waals surface area contributed by atoms with Gasteiger partial charge in [0.25, 0.3) is 5.56 Å². The Balaban J connectivity index is 1.36. The molecule has 7 nitrogen and oxygen atoms in total. The zero-order valence-electron chi connectivity index (χ0n) is 15.9. The second-order valence-electron chi connectivity index (χ2n) is 7.65. The highest BCUT2D eigenvalue weighted by Gasteiger charge is 2.26. The summed E-state index contributed by atoms with van der Waals surface area (Å²) in [5.41, 5.74) is 1.64. The first-order valence-electron chi connectivity index (χ1n) is 10.1. The van der Waals surface area contributed by atoms with E-state index in [0.29, 0.717) is 6.42 Å². The van der Waals surface area contributed by atoms with Crippen LogP contribution in [0.1, 0.15) is 51.0 Å². The number of pyridine rings is 1. The fourth-order valence-electron chi connectivity index (χ4n) is 4.13. The monoisotopic (exact) mass is 382 g/mol. The van der Waals surface area contributed by atoms with Gasteiger partial charge in [-0.3, -0.25) is 14.6 Å². The third-order valence-corrected chi connectivity index (χ3v) is 5.65. The van der Waals surface area contributed by atoms with Crippen LogP contribution in [0, 0.1) is 0 Å². The third kappa shape index (κ3) is 4.47. The van der Waals surface area contributed by atoms with E-state index in [1.54, 1.807) is 29.2 Å². The number of nitrogens with one attached hydrogen (secondary N) is 1. The van der Waals surface area contributed by atoms with Crippen molar-refractivity contribution in [2.24, 2.45) is 0 Å². The minimum atomic E-state index is -0.0799. The second-order valence-corrected chi connectivity index (χ2v) is 7.65. The summed E-state index contributed by atoms with van der Waals surface area (Å²) in [6.45, 7) is 0.767. The van der Waals surface area contributed by atoms with Crippen LogP contribution in [0.3, 0.4) is 0 Å². The number of ether oxygens (including phenoxy) is 1. The van der Waals surface area contributed by atoms with E-state index in [-0.39, 0.29) is 29.7 Å². The Morgan fingerprint density at radius 3 is 2.61 bits per heavy atom. The van der Waals surface area contributed by atoms with Crippen molar-refractivity contribution in [1.82, 2.24) is 20.1 Å². The molecular weight excluding hydrogens is 356 g/mol. The molecular formula is C21H26N4O3. The Labute approximate surface area is 164 Å². The molecule has 7 heteroatoms. The average Bonchev–Trinajstić information content (AvgIpc) is 3.22. The molecule has 1 atom stereocenters. The zero-order valence-corrected chi connectivity index (χ0v) is 15.9. The Morgan fingerprint density at radius 2 is 1.89 bits per heavy atom. The minimum absolute atomic E-state index is 0.0700. The molecule has 1 saturated carbocycles. The lowest BCUT2D eigenvalue weighted by Gasteiger charge is -2.30. The van der Waals surface area contributed by atoms with Crippen LogP contribution in [-0.2, 0) is 9.53 Å². The molecule has 2 aliphatic rings. The maximum absolute atomic E-state index is 12.4. The van der Waals surface area contributed by atoms with Gasteiger partial charge in [0.15, 0.2) is 0 Å². The largest absolute Gasteiger partial charge is 0.378 e. The summed E-state index contributed by atoms with van der Waals surface area (Å²) in [5.74, 6) is 0.0744. The van der Waals surface area contributed by atoms with E-state index in [9.17, 15) is 9.59 Å². The van der Waals surface area contributed by atoms with Crippen LogP contribution in [0.2, 0.25) is 0 Å². The van der Waals surface area contributed by atoms with Gasteiger partial charge < -0.3 is 10.1 Å². The molecule has 3 heterocycles. The molecule has 1 unspecified atom stereocenters. The van der Waals surface area contributed by atoms with Gasteiger partial charge in [-0.05, 0) is 56.7 Å². The number of carbonyl (C=O) groups is 1. The van der Waals surface area contributed by atoms with E-state index in [2.05, 4.69) is 15.4 Å². The third-order valence-electron chi connectivity index (χ3n) is 5.65. The lowest BCUT2D eigenvalue weighted by atomic mass is 9.91. The van der Waals surface area contributed by atoms with Gasteiger partial charge in [0, 0.05) is 36.7 Å². The number of aromatic nitrogens is 3. The molecule has 1 aliphatic heterocycles. The van der Waals surface area contributed by atoms with Gasteiger partial charge in [0.2, 0.25) is 5.91 Å². The van der Waals surface area contributed by atoms with Crippen LogP contribution in [0.5, 0.6) is 0 Å². The summed E-state index contributed by atoms with van der Waals surface area (Å²) in [4.78, 5) is 28.6. The molecule has 2 fully saturated rings. The van der Waals surface area contributed by atoms with Crippen LogP contribution in [0.4, 0.5) is 0 Å². The first-order valence-corrected chi connectivity index (χ1v) is 10.1. The quantitative estimate of drug-likeness (QED) is 0.859. The molecule has 0 aromatic carbocycles. The summed E-state index contributed by atoms with van der Waals surface area (Å²) in [5, 5.41) is 7.73. The van der Waals surface area contributed by atoms with Crippen LogP contribution in [0.15, 0.2) is 41.5 Å². The molecule has 28 heavy (non-hydrogen) atoms. The highest BCUT2D eigenvalue weighted by Crippen LogP contribution is 2.28. The van der Waals surface area contributed by atoms with Gasteiger partial charge in [-0.2, -0.15) is 5.10 Å². The van der Waals surface area contributed by atoms with Gasteiger partial charge in [-0.15, -0.1) is 0 Å². The van der Waals surface area contributed by atoms with E-state index in [4.69, 9.17) is 4.74 Å². The van der Waals surface area contributed by atoms with Gasteiger partial charge in [-0.1, -0.05) is 0 Å². The van der Waals surface area contributed by atoms with Crippen molar-refractivity contribution < 1.29 is 9.53 Å². The Bertz CT molecular complexity index is 853. The molecule has 1 amide bonds. The SMILES string of the molecule is O=C(CC1CCCO1)NC1CCC(n2nc(-c3ccncc3)ccc2=O)CC1. The predicted molar refractivity (Wildman–Crippen MR) is 105 cm³/mol. The standard InChI is InChI=1S/C21H26N4O3/c26-20(14-18-2-1-13-28-18)23-16-3-5-17(6-4-16)25-21(27)8-7-19(24-25)15-9-11-22-12-10-15/h7-12,16-18H,1-6,13-14H2,(H,23,26). The molecule has 0 radical (unpaired) electrons. The molecule has 1 saturated heterocycles.